The molecule has 2 heterocycles. The van der Waals surface area contributed by atoms with Crippen LogP contribution in [0.25, 0.3) is 0 Å². The number of thiophene rings is 1. The molecule has 3 aromatic rings. The molecule has 170 valence electrons. The monoisotopic (exact) mass is 460 g/mol. The second kappa shape index (κ2) is 9.40. The third-order valence-corrected chi connectivity index (χ3v) is 7.80. The molecule has 1 aromatic heterocycles. The second-order valence-electron chi connectivity index (χ2n) is 8.71. The van der Waals surface area contributed by atoms with Crippen molar-refractivity contribution in [1.82, 2.24) is 10.2 Å². The normalized spacial score (nSPS) is 20.5. The summed E-state index contributed by atoms with van der Waals surface area (Å²) in [5.41, 5.74) is 2.39. The molecule has 0 bridgehead atoms. The van der Waals surface area contributed by atoms with E-state index in [9.17, 15) is 9.59 Å². The van der Waals surface area contributed by atoms with Gasteiger partial charge in [-0.15, -0.1) is 11.3 Å². The zero-order valence-corrected chi connectivity index (χ0v) is 19.5. The van der Waals surface area contributed by atoms with Crippen molar-refractivity contribution < 1.29 is 14.3 Å². The zero-order valence-electron chi connectivity index (χ0n) is 18.7. The van der Waals surface area contributed by atoms with Crippen molar-refractivity contribution in [3.8, 4) is 5.75 Å². The zero-order chi connectivity index (χ0) is 22.8. The van der Waals surface area contributed by atoms with Gasteiger partial charge in [0.25, 0.3) is 5.91 Å². The van der Waals surface area contributed by atoms with Gasteiger partial charge in [0.15, 0.2) is 0 Å². The summed E-state index contributed by atoms with van der Waals surface area (Å²) in [6.07, 6.45) is 4.23. The maximum Gasteiger partial charge on any atom is 0.254 e. The van der Waals surface area contributed by atoms with Crippen molar-refractivity contribution in [1.29, 1.82) is 0 Å². The van der Waals surface area contributed by atoms with E-state index in [1.807, 2.05) is 64.9 Å². The van der Waals surface area contributed by atoms with Gasteiger partial charge in [0, 0.05) is 28.6 Å². The van der Waals surface area contributed by atoms with Gasteiger partial charge in [-0.2, -0.15) is 0 Å². The Hall–Kier alpha value is -3.12. The van der Waals surface area contributed by atoms with E-state index in [1.54, 1.807) is 18.4 Å². The summed E-state index contributed by atoms with van der Waals surface area (Å²) in [6, 6.07) is 19.2. The summed E-state index contributed by atoms with van der Waals surface area (Å²) in [5.74, 6) is 0.263. The molecule has 1 aliphatic heterocycles. The Bertz CT molecular complexity index is 1140. The van der Waals surface area contributed by atoms with Crippen molar-refractivity contribution in [3.63, 3.8) is 0 Å². The highest BCUT2D eigenvalue weighted by atomic mass is 32.1. The summed E-state index contributed by atoms with van der Waals surface area (Å²) in [5, 5.41) is 5.17. The number of nitrogens with one attached hydrogen (secondary N) is 1. The minimum Gasteiger partial charge on any atom is -0.496 e. The van der Waals surface area contributed by atoms with Crippen LogP contribution < -0.4 is 10.1 Å². The molecule has 6 heteroatoms. The summed E-state index contributed by atoms with van der Waals surface area (Å²) in [4.78, 5) is 30.6. The Labute approximate surface area is 198 Å². The van der Waals surface area contributed by atoms with Crippen molar-refractivity contribution in [3.05, 3.63) is 87.6 Å². The first-order chi connectivity index (χ1) is 16.2. The number of benzene rings is 2. The molecule has 1 N–H and O–H groups in total. The fourth-order valence-corrected chi connectivity index (χ4v) is 6.18. The maximum atomic E-state index is 13.8. The fraction of sp³-hybridized carbons (Fsp3) is 0.333. The van der Waals surface area contributed by atoms with Crippen LogP contribution in [0.2, 0.25) is 0 Å². The topological polar surface area (TPSA) is 58.6 Å². The van der Waals surface area contributed by atoms with Crippen molar-refractivity contribution >= 4 is 23.2 Å². The molecular formula is C27H28N2O3S. The van der Waals surface area contributed by atoms with E-state index in [0.29, 0.717) is 12.1 Å². The van der Waals surface area contributed by atoms with Crippen LogP contribution in [0.3, 0.4) is 0 Å². The number of fused-ring (bicyclic) bond motifs is 1. The molecule has 1 saturated carbocycles. The summed E-state index contributed by atoms with van der Waals surface area (Å²) >= 11 is 1.62. The van der Waals surface area contributed by atoms with Crippen LogP contribution in [-0.2, 0) is 11.3 Å². The van der Waals surface area contributed by atoms with Crippen molar-refractivity contribution in [2.24, 2.45) is 0 Å². The van der Waals surface area contributed by atoms with Gasteiger partial charge in [0.1, 0.15) is 5.75 Å². The smallest absolute Gasteiger partial charge is 0.254 e. The molecule has 2 aromatic carbocycles. The van der Waals surface area contributed by atoms with E-state index >= 15 is 0 Å². The molecule has 33 heavy (non-hydrogen) atoms. The van der Waals surface area contributed by atoms with Crippen LogP contribution in [0.15, 0.2) is 66.0 Å². The van der Waals surface area contributed by atoms with Gasteiger partial charge < -0.3 is 15.0 Å². The third kappa shape index (κ3) is 4.04. The highest BCUT2D eigenvalue weighted by Gasteiger charge is 2.47. The van der Waals surface area contributed by atoms with E-state index < -0.39 is 5.92 Å². The number of carbonyl (C=O) groups excluding carboxylic acids is 2. The standard InChI is InChI=1S/C27H28N2O3S/c1-32-22-14-7-2-9-18(22)17-28-26(30)24-20-12-5-6-13-21(20)27(31)29(19-10-3-4-11-19)25(24)23-15-8-16-33-23/h2,5-9,12-16,19,24-25H,3-4,10-11,17H2,1H3,(H,28,30)/t24-,25-/m1/s1. The number of ether oxygens (including phenoxy) is 1. The highest BCUT2D eigenvalue weighted by molar-refractivity contribution is 7.10. The Morgan fingerprint density at radius 2 is 1.82 bits per heavy atom. The van der Waals surface area contributed by atoms with Gasteiger partial charge in [-0.3, -0.25) is 9.59 Å². The number of rotatable bonds is 6. The predicted molar refractivity (Wildman–Crippen MR) is 130 cm³/mol. The largest absolute Gasteiger partial charge is 0.496 e. The van der Waals surface area contributed by atoms with Crippen LogP contribution in [-0.4, -0.2) is 29.9 Å². The van der Waals surface area contributed by atoms with Crippen LogP contribution in [0, 0.1) is 0 Å². The maximum absolute atomic E-state index is 13.8. The van der Waals surface area contributed by atoms with E-state index in [-0.39, 0.29) is 23.9 Å². The number of hydrogen-bond acceptors (Lipinski definition) is 4. The summed E-state index contributed by atoms with van der Waals surface area (Å²) in [7, 11) is 1.63. The quantitative estimate of drug-likeness (QED) is 0.543. The summed E-state index contributed by atoms with van der Waals surface area (Å²) < 4.78 is 5.46. The number of carbonyl (C=O) groups is 2. The number of amides is 2. The highest BCUT2D eigenvalue weighted by Crippen LogP contribution is 2.47. The van der Waals surface area contributed by atoms with E-state index in [4.69, 9.17) is 4.74 Å². The SMILES string of the molecule is COc1ccccc1CNC(=O)[C@@H]1c2ccccc2C(=O)N(C2CCCC2)[C@@H]1c1cccs1. The van der Waals surface area contributed by atoms with Gasteiger partial charge in [0.05, 0.1) is 19.1 Å². The average molecular weight is 461 g/mol. The number of hydrogen-bond donors (Lipinski definition) is 1. The molecule has 2 aliphatic rings. The number of nitrogens with zero attached hydrogens (tertiary/aromatic N) is 1. The Morgan fingerprint density at radius 3 is 2.58 bits per heavy atom. The molecule has 0 saturated heterocycles. The van der Waals surface area contributed by atoms with Crippen LogP contribution >= 0.6 is 11.3 Å². The minimum absolute atomic E-state index is 0.0460. The molecule has 1 aliphatic carbocycles. The molecule has 0 radical (unpaired) electrons. The van der Waals surface area contributed by atoms with Crippen LogP contribution in [0.1, 0.15) is 64.0 Å². The average Bonchev–Trinajstić information content (AvgIpc) is 3.57. The molecule has 0 spiro atoms. The molecule has 0 unspecified atom stereocenters. The van der Waals surface area contributed by atoms with Crippen LogP contribution in [0.4, 0.5) is 0 Å². The van der Waals surface area contributed by atoms with E-state index in [1.165, 1.54) is 0 Å². The van der Waals surface area contributed by atoms with Gasteiger partial charge in [-0.25, -0.2) is 0 Å². The minimum atomic E-state index is -0.465. The fourth-order valence-electron chi connectivity index (χ4n) is 5.32. The first-order valence-corrected chi connectivity index (χ1v) is 12.4. The first-order valence-electron chi connectivity index (χ1n) is 11.5. The van der Waals surface area contributed by atoms with E-state index in [2.05, 4.69) is 11.4 Å². The summed E-state index contributed by atoms with van der Waals surface area (Å²) in [6.45, 7) is 0.371. The molecule has 5 rings (SSSR count). The molecule has 2 atom stereocenters. The van der Waals surface area contributed by atoms with Crippen molar-refractivity contribution in [2.75, 3.05) is 7.11 Å². The van der Waals surface area contributed by atoms with Gasteiger partial charge in [-0.05, 0) is 42.0 Å². The molecular weight excluding hydrogens is 432 g/mol. The van der Waals surface area contributed by atoms with Crippen molar-refractivity contribution in [2.45, 2.75) is 50.2 Å². The Morgan fingerprint density at radius 1 is 1.06 bits per heavy atom. The lowest BCUT2D eigenvalue weighted by Gasteiger charge is -2.44. The van der Waals surface area contributed by atoms with Gasteiger partial charge in [-0.1, -0.05) is 55.3 Å². The molecule has 2 amide bonds. The lowest BCUT2D eigenvalue weighted by Crippen LogP contribution is -2.50. The molecule has 1 fully saturated rings. The number of methoxy groups -OCH3 is 1. The predicted octanol–water partition coefficient (Wildman–Crippen LogP) is 5.30. The Kier molecular flexibility index (Phi) is 6.18. The second-order valence-corrected chi connectivity index (χ2v) is 9.68. The van der Waals surface area contributed by atoms with E-state index in [0.717, 1.165) is 47.4 Å². The number of para-hydroxylation sites is 1. The van der Waals surface area contributed by atoms with Gasteiger partial charge in [0.2, 0.25) is 5.91 Å². The third-order valence-electron chi connectivity index (χ3n) is 6.86. The molecule has 5 nitrogen and oxygen atoms in total. The lowest BCUT2D eigenvalue weighted by molar-refractivity contribution is -0.124. The van der Waals surface area contributed by atoms with Crippen LogP contribution in [0.5, 0.6) is 5.75 Å². The Balaban J connectivity index is 1.54. The first kappa shape index (κ1) is 21.7. The van der Waals surface area contributed by atoms with Gasteiger partial charge >= 0.3 is 0 Å². The lowest BCUT2D eigenvalue weighted by atomic mass is 9.80.